The minimum absolute atomic E-state index is 0.0573. The second-order valence-corrected chi connectivity index (χ2v) is 8.74. The molecule has 0 fully saturated rings. The van der Waals surface area contributed by atoms with Gasteiger partial charge >= 0.3 is 11.2 Å². The summed E-state index contributed by atoms with van der Waals surface area (Å²) in [7, 11) is -5.55. The molecule has 0 unspecified atom stereocenters. The molecule has 0 radical (unpaired) electrons. The number of hydrogen-bond acceptors (Lipinski definition) is 5. The lowest BCUT2D eigenvalue weighted by Gasteiger charge is -2.09. The average Bonchev–Trinajstić information content (AvgIpc) is 3.00. The molecule has 0 bridgehead atoms. The summed E-state index contributed by atoms with van der Waals surface area (Å²) in [6.45, 7) is -0.125. The van der Waals surface area contributed by atoms with Crippen molar-refractivity contribution in [2.75, 3.05) is 0 Å². The number of fused-ring (bicyclic) bond motifs is 1. The lowest BCUT2D eigenvalue weighted by Crippen LogP contribution is -2.24. The summed E-state index contributed by atoms with van der Waals surface area (Å²) in [5.41, 5.74) is -5.51. The summed E-state index contributed by atoms with van der Waals surface area (Å²) in [5, 5.41) is 10.8. The van der Waals surface area contributed by atoms with Crippen molar-refractivity contribution in [2.24, 2.45) is 0 Å². The van der Waals surface area contributed by atoms with E-state index in [9.17, 15) is 35.9 Å². The number of benzene rings is 2. The van der Waals surface area contributed by atoms with Crippen LogP contribution in [0.5, 0.6) is 5.88 Å². The van der Waals surface area contributed by atoms with E-state index in [1.807, 2.05) is 0 Å². The molecule has 0 atom stereocenters. The van der Waals surface area contributed by atoms with Gasteiger partial charge in [-0.05, 0) is 42.0 Å². The third kappa shape index (κ3) is 3.62. The Kier molecular flexibility index (Phi) is 5.04. The first-order valence-electron chi connectivity index (χ1n) is 8.96. The SMILES string of the molecule is O=c1n(Cc2cc(F)nc3ccccc23)cc(O)n1-c1ccc(S(=O)(=O)C(F)(F)F)cc1. The highest BCUT2D eigenvalue weighted by molar-refractivity contribution is 7.92. The molecule has 4 rings (SSSR count). The van der Waals surface area contributed by atoms with Gasteiger partial charge in [-0.1, -0.05) is 18.2 Å². The zero-order valence-corrected chi connectivity index (χ0v) is 16.7. The van der Waals surface area contributed by atoms with Crippen LogP contribution < -0.4 is 5.69 Å². The Bertz CT molecular complexity index is 1490. The number of aromatic nitrogens is 3. The molecule has 0 aliphatic rings. The Hall–Kier alpha value is -3.67. The van der Waals surface area contributed by atoms with E-state index < -0.39 is 37.8 Å². The maximum atomic E-state index is 13.9. The van der Waals surface area contributed by atoms with Crippen molar-refractivity contribution in [3.05, 3.63) is 82.8 Å². The van der Waals surface area contributed by atoms with Crippen LogP contribution in [0.2, 0.25) is 0 Å². The van der Waals surface area contributed by atoms with E-state index in [2.05, 4.69) is 4.98 Å². The van der Waals surface area contributed by atoms with Crippen molar-refractivity contribution >= 4 is 20.7 Å². The molecule has 4 aromatic rings. The summed E-state index contributed by atoms with van der Waals surface area (Å²) in [5.74, 6) is -1.29. The molecule has 2 heterocycles. The molecule has 32 heavy (non-hydrogen) atoms. The number of pyridine rings is 1. The van der Waals surface area contributed by atoms with Gasteiger partial charge in [0, 0.05) is 5.39 Å². The number of halogens is 4. The van der Waals surface area contributed by atoms with Crippen molar-refractivity contribution in [3.63, 3.8) is 0 Å². The number of alkyl halides is 3. The van der Waals surface area contributed by atoms with E-state index >= 15 is 0 Å². The quantitative estimate of drug-likeness (QED) is 0.367. The predicted octanol–water partition coefficient (Wildman–Crippen LogP) is 3.37. The van der Waals surface area contributed by atoms with Crippen molar-refractivity contribution in [1.29, 1.82) is 0 Å². The normalized spacial score (nSPS) is 12.4. The standard InChI is InChI=1S/C20H13F4N3O4S/c21-17-9-12(15-3-1-2-4-16(15)25-17)10-26-11-18(28)27(19(26)29)13-5-7-14(8-6-13)32(30,31)20(22,23)24/h1-9,11,28H,10H2. The summed E-state index contributed by atoms with van der Waals surface area (Å²) >= 11 is 0. The van der Waals surface area contributed by atoms with Crippen LogP contribution in [-0.2, 0) is 16.4 Å². The molecule has 12 heteroatoms. The molecular formula is C20H13F4N3O4S. The molecule has 2 aromatic heterocycles. The first kappa shape index (κ1) is 21.6. The van der Waals surface area contributed by atoms with Gasteiger partial charge in [0.25, 0.3) is 9.84 Å². The van der Waals surface area contributed by atoms with Crippen LogP contribution in [-0.4, -0.2) is 33.2 Å². The Labute approximate surface area is 177 Å². The van der Waals surface area contributed by atoms with E-state index in [1.165, 1.54) is 0 Å². The van der Waals surface area contributed by atoms with Crippen molar-refractivity contribution in [1.82, 2.24) is 14.1 Å². The molecule has 0 spiro atoms. The van der Waals surface area contributed by atoms with Crippen LogP contribution in [0, 0.1) is 5.95 Å². The summed E-state index contributed by atoms with van der Waals surface area (Å²) in [6.07, 6.45) is 1.08. The predicted molar refractivity (Wildman–Crippen MR) is 106 cm³/mol. The molecular weight excluding hydrogens is 454 g/mol. The van der Waals surface area contributed by atoms with Gasteiger partial charge in [0.05, 0.1) is 28.8 Å². The molecule has 0 aliphatic carbocycles. The maximum Gasteiger partial charge on any atom is 0.501 e. The molecule has 0 saturated heterocycles. The van der Waals surface area contributed by atoms with Gasteiger partial charge in [-0.15, -0.1) is 0 Å². The average molecular weight is 467 g/mol. The first-order valence-corrected chi connectivity index (χ1v) is 10.4. The number of rotatable bonds is 4. The van der Waals surface area contributed by atoms with Crippen LogP contribution in [0.1, 0.15) is 5.56 Å². The van der Waals surface area contributed by atoms with E-state index in [1.54, 1.807) is 24.3 Å². The number of nitrogens with zero attached hydrogens (tertiary/aromatic N) is 3. The monoisotopic (exact) mass is 467 g/mol. The van der Waals surface area contributed by atoms with Crippen molar-refractivity contribution < 1.29 is 31.1 Å². The van der Waals surface area contributed by atoms with Crippen LogP contribution in [0.3, 0.4) is 0 Å². The van der Waals surface area contributed by atoms with E-state index in [-0.39, 0.29) is 12.2 Å². The largest absolute Gasteiger partial charge is 0.501 e. The lowest BCUT2D eigenvalue weighted by molar-refractivity contribution is -0.0436. The summed E-state index contributed by atoms with van der Waals surface area (Å²) in [4.78, 5) is 15.6. The molecule has 0 saturated carbocycles. The second kappa shape index (κ2) is 7.48. The highest BCUT2D eigenvalue weighted by Crippen LogP contribution is 2.30. The van der Waals surface area contributed by atoms with Gasteiger partial charge in [0.1, 0.15) is 0 Å². The summed E-state index contributed by atoms with van der Waals surface area (Å²) < 4.78 is 76.8. The van der Waals surface area contributed by atoms with Gasteiger partial charge in [-0.3, -0.25) is 4.57 Å². The Balaban J connectivity index is 1.73. The highest BCUT2D eigenvalue weighted by atomic mass is 32.2. The fourth-order valence-corrected chi connectivity index (χ4v) is 4.03. The van der Waals surface area contributed by atoms with Gasteiger partial charge in [0.15, 0.2) is 0 Å². The second-order valence-electron chi connectivity index (χ2n) is 6.80. The van der Waals surface area contributed by atoms with E-state index in [0.29, 0.717) is 28.6 Å². The molecule has 2 aromatic carbocycles. The lowest BCUT2D eigenvalue weighted by atomic mass is 10.1. The number of aromatic hydroxyl groups is 1. The number of sulfone groups is 1. The molecule has 166 valence electrons. The Morgan fingerprint density at radius 2 is 1.69 bits per heavy atom. The van der Waals surface area contributed by atoms with Gasteiger partial charge in [0.2, 0.25) is 11.8 Å². The minimum Gasteiger partial charge on any atom is -0.493 e. The van der Waals surface area contributed by atoms with Crippen LogP contribution in [0.4, 0.5) is 17.6 Å². The van der Waals surface area contributed by atoms with Crippen molar-refractivity contribution in [2.45, 2.75) is 16.9 Å². The number of para-hydroxylation sites is 1. The third-order valence-corrected chi connectivity index (χ3v) is 6.26. The third-order valence-electron chi connectivity index (χ3n) is 4.76. The van der Waals surface area contributed by atoms with Crippen LogP contribution in [0.15, 0.2) is 70.5 Å². The van der Waals surface area contributed by atoms with Crippen molar-refractivity contribution in [3.8, 4) is 11.6 Å². The smallest absolute Gasteiger partial charge is 0.493 e. The highest BCUT2D eigenvalue weighted by Gasteiger charge is 2.46. The molecule has 1 N–H and O–H groups in total. The van der Waals surface area contributed by atoms with E-state index in [0.717, 1.165) is 33.5 Å². The van der Waals surface area contributed by atoms with Crippen LogP contribution >= 0.6 is 0 Å². The zero-order chi connectivity index (χ0) is 23.3. The van der Waals surface area contributed by atoms with Gasteiger partial charge < -0.3 is 5.11 Å². The van der Waals surface area contributed by atoms with Gasteiger partial charge in [-0.2, -0.15) is 17.6 Å². The Morgan fingerprint density at radius 1 is 1.03 bits per heavy atom. The number of hydrogen-bond donors (Lipinski definition) is 1. The number of imidazole rings is 1. The topological polar surface area (TPSA) is 94.2 Å². The molecule has 0 amide bonds. The Morgan fingerprint density at radius 3 is 2.34 bits per heavy atom. The fraction of sp³-hybridized carbons (Fsp3) is 0.100. The van der Waals surface area contributed by atoms with Gasteiger partial charge in [-0.25, -0.2) is 22.8 Å². The summed E-state index contributed by atoms with van der Waals surface area (Å²) in [6, 6.07) is 11.1. The zero-order valence-electron chi connectivity index (χ0n) is 15.9. The molecule has 0 aliphatic heterocycles. The minimum atomic E-state index is -5.55. The fourth-order valence-electron chi connectivity index (χ4n) is 3.27. The van der Waals surface area contributed by atoms with Crippen LogP contribution in [0.25, 0.3) is 16.6 Å². The first-order chi connectivity index (χ1) is 15.0. The van der Waals surface area contributed by atoms with E-state index in [4.69, 9.17) is 0 Å². The molecule has 7 nitrogen and oxygen atoms in total. The maximum absolute atomic E-state index is 13.9.